The molecule has 1 unspecified atom stereocenters. The van der Waals surface area contributed by atoms with Crippen molar-refractivity contribution in [2.24, 2.45) is 0 Å². The fourth-order valence-corrected chi connectivity index (χ4v) is 2.33. The van der Waals surface area contributed by atoms with Gasteiger partial charge in [0.25, 0.3) is 0 Å². The van der Waals surface area contributed by atoms with Crippen LogP contribution in [0.1, 0.15) is 12.5 Å². The van der Waals surface area contributed by atoms with Crippen LogP contribution in [0.25, 0.3) is 0 Å². The lowest BCUT2D eigenvalue weighted by Gasteiger charge is -2.31. The Morgan fingerprint density at radius 3 is 2.58 bits per heavy atom. The summed E-state index contributed by atoms with van der Waals surface area (Å²) in [6, 6.07) is 13.4. The molecule has 0 heterocycles. The molecule has 100 valence electrons. The predicted octanol–water partition coefficient (Wildman–Crippen LogP) is 3.80. The average molecular weight is 280 g/mol. The molecule has 1 atom stereocenters. The van der Waals surface area contributed by atoms with E-state index < -0.39 is 5.54 Å². The van der Waals surface area contributed by atoms with Gasteiger partial charge in [-0.1, -0.05) is 35.9 Å². The molecule has 4 heteroatoms. The maximum absolute atomic E-state index is 13.2. The van der Waals surface area contributed by atoms with Crippen molar-refractivity contribution >= 4 is 17.3 Å². The fraction of sp³-hybridized carbons (Fsp3) is 0.200. The third-order valence-corrected chi connectivity index (χ3v) is 3.36. The van der Waals surface area contributed by atoms with E-state index in [4.69, 9.17) is 11.6 Å². The Morgan fingerprint density at radius 1 is 1.21 bits per heavy atom. The van der Waals surface area contributed by atoms with E-state index in [1.807, 2.05) is 25.1 Å². The number of hydrogen-bond acceptors (Lipinski definition) is 2. The second-order valence-corrected chi connectivity index (χ2v) is 5.01. The summed E-state index contributed by atoms with van der Waals surface area (Å²) in [5, 5.41) is 13.4. The summed E-state index contributed by atoms with van der Waals surface area (Å²) in [7, 11) is 0. The fourth-order valence-electron chi connectivity index (χ4n) is 1.99. The van der Waals surface area contributed by atoms with Crippen molar-refractivity contribution in [1.82, 2.24) is 0 Å². The van der Waals surface area contributed by atoms with Gasteiger partial charge in [-0.25, -0.2) is 4.39 Å². The maximum Gasteiger partial charge on any atom is 0.125 e. The van der Waals surface area contributed by atoms with Crippen molar-refractivity contribution in [2.75, 3.05) is 11.9 Å². The zero-order valence-electron chi connectivity index (χ0n) is 10.5. The number of benzene rings is 2. The molecule has 0 bridgehead atoms. The molecule has 0 aliphatic heterocycles. The summed E-state index contributed by atoms with van der Waals surface area (Å²) in [5.41, 5.74) is 0.589. The number of anilines is 1. The van der Waals surface area contributed by atoms with Crippen LogP contribution in [0.2, 0.25) is 5.02 Å². The largest absolute Gasteiger partial charge is 0.394 e. The van der Waals surface area contributed by atoms with Gasteiger partial charge < -0.3 is 10.4 Å². The Bertz CT molecular complexity index is 576. The van der Waals surface area contributed by atoms with Crippen LogP contribution in [0, 0.1) is 5.82 Å². The van der Waals surface area contributed by atoms with Crippen LogP contribution in [0.3, 0.4) is 0 Å². The number of hydrogen-bond donors (Lipinski definition) is 2. The minimum atomic E-state index is -0.772. The summed E-state index contributed by atoms with van der Waals surface area (Å²) >= 11 is 6.16. The van der Waals surface area contributed by atoms with Gasteiger partial charge in [-0.2, -0.15) is 0 Å². The van der Waals surface area contributed by atoms with Crippen molar-refractivity contribution in [3.8, 4) is 0 Å². The minimum Gasteiger partial charge on any atom is -0.394 e. The molecule has 2 rings (SSSR count). The van der Waals surface area contributed by atoms with Crippen molar-refractivity contribution in [2.45, 2.75) is 12.5 Å². The number of nitrogens with one attached hydrogen (secondary N) is 1. The highest BCUT2D eigenvalue weighted by atomic mass is 35.5. The highest BCUT2D eigenvalue weighted by Gasteiger charge is 2.27. The van der Waals surface area contributed by atoms with Gasteiger partial charge in [0.15, 0.2) is 0 Å². The maximum atomic E-state index is 13.2. The molecule has 0 amide bonds. The van der Waals surface area contributed by atoms with Crippen LogP contribution in [0.5, 0.6) is 0 Å². The average Bonchev–Trinajstić information content (AvgIpc) is 2.39. The third kappa shape index (κ3) is 3.06. The summed E-state index contributed by atoms with van der Waals surface area (Å²) in [5.74, 6) is -0.329. The van der Waals surface area contributed by atoms with Crippen LogP contribution >= 0.6 is 11.6 Å². The molecule has 2 aromatic carbocycles. The van der Waals surface area contributed by atoms with Crippen molar-refractivity contribution < 1.29 is 9.50 Å². The summed E-state index contributed by atoms with van der Waals surface area (Å²) in [6.45, 7) is 1.66. The summed E-state index contributed by atoms with van der Waals surface area (Å²) < 4.78 is 13.2. The van der Waals surface area contributed by atoms with Crippen LogP contribution in [-0.2, 0) is 5.54 Å². The lowest BCUT2D eigenvalue weighted by atomic mass is 9.92. The van der Waals surface area contributed by atoms with Crippen LogP contribution in [0.15, 0.2) is 48.5 Å². The van der Waals surface area contributed by atoms with Gasteiger partial charge in [0, 0.05) is 10.7 Å². The zero-order valence-corrected chi connectivity index (χ0v) is 11.3. The van der Waals surface area contributed by atoms with E-state index in [0.29, 0.717) is 10.7 Å². The molecule has 2 N–H and O–H groups in total. The first kappa shape index (κ1) is 13.8. The smallest absolute Gasteiger partial charge is 0.125 e. The lowest BCUT2D eigenvalue weighted by Crippen LogP contribution is -2.36. The second kappa shape index (κ2) is 5.59. The number of rotatable bonds is 4. The van der Waals surface area contributed by atoms with Gasteiger partial charge in [0.2, 0.25) is 0 Å². The van der Waals surface area contributed by atoms with Crippen molar-refractivity contribution in [3.05, 3.63) is 64.9 Å². The van der Waals surface area contributed by atoms with Crippen LogP contribution in [0.4, 0.5) is 10.1 Å². The van der Waals surface area contributed by atoms with Gasteiger partial charge in [0.1, 0.15) is 5.82 Å². The van der Waals surface area contributed by atoms with E-state index >= 15 is 0 Å². The van der Waals surface area contributed by atoms with E-state index in [1.54, 1.807) is 18.2 Å². The molecule has 19 heavy (non-hydrogen) atoms. The van der Waals surface area contributed by atoms with Gasteiger partial charge in [-0.15, -0.1) is 0 Å². The van der Waals surface area contributed by atoms with Crippen LogP contribution in [-0.4, -0.2) is 11.7 Å². The molecule has 0 saturated carbocycles. The molecule has 0 aliphatic carbocycles. The van der Waals surface area contributed by atoms with E-state index in [0.717, 1.165) is 5.56 Å². The topological polar surface area (TPSA) is 32.3 Å². The monoisotopic (exact) mass is 279 g/mol. The molecule has 2 aromatic rings. The molecule has 0 aliphatic rings. The summed E-state index contributed by atoms with van der Waals surface area (Å²) in [4.78, 5) is 0. The molecule has 2 nitrogen and oxygen atoms in total. The number of halogens is 2. The lowest BCUT2D eigenvalue weighted by molar-refractivity contribution is 0.224. The Morgan fingerprint density at radius 2 is 1.95 bits per heavy atom. The first-order valence-electron chi connectivity index (χ1n) is 5.95. The number of aliphatic hydroxyl groups excluding tert-OH is 1. The van der Waals surface area contributed by atoms with Crippen LogP contribution < -0.4 is 5.32 Å². The Labute approximate surface area is 116 Å². The predicted molar refractivity (Wildman–Crippen MR) is 75.9 cm³/mol. The Kier molecular flexibility index (Phi) is 4.08. The third-order valence-electron chi connectivity index (χ3n) is 3.03. The molecular weight excluding hydrogens is 265 g/mol. The normalized spacial score (nSPS) is 13.9. The van der Waals surface area contributed by atoms with Gasteiger partial charge in [-0.3, -0.25) is 0 Å². The first-order chi connectivity index (χ1) is 9.05. The Hall–Kier alpha value is -1.58. The molecule has 0 radical (unpaired) electrons. The quantitative estimate of drug-likeness (QED) is 0.892. The zero-order chi connectivity index (χ0) is 13.9. The van der Waals surface area contributed by atoms with E-state index in [2.05, 4.69) is 5.32 Å². The van der Waals surface area contributed by atoms with Crippen molar-refractivity contribution in [3.63, 3.8) is 0 Å². The van der Waals surface area contributed by atoms with E-state index in [9.17, 15) is 9.50 Å². The second-order valence-electron chi connectivity index (χ2n) is 4.61. The standard InChI is InChI=1S/C15H15ClFNO/c1-15(10-19,13-7-2-3-8-14(13)16)18-12-6-4-5-11(17)9-12/h2-9,18-19H,10H2,1H3. The van der Waals surface area contributed by atoms with E-state index in [1.165, 1.54) is 12.1 Å². The number of aliphatic hydroxyl groups is 1. The minimum absolute atomic E-state index is 0.159. The molecule has 0 fully saturated rings. The molecular formula is C15H15ClFNO. The SMILES string of the molecule is CC(CO)(Nc1cccc(F)c1)c1ccccc1Cl. The molecule has 0 saturated heterocycles. The van der Waals surface area contributed by atoms with Gasteiger partial charge >= 0.3 is 0 Å². The first-order valence-corrected chi connectivity index (χ1v) is 6.32. The summed E-state index contributed by atoms with van der Waals surface area (Å²) in [6.07, 6.45) is 0. The van der Waals surface area contributed by atoms with Gasteiger partial charge in [-0.05, 0) is 36.8 Å². The van der Waals surface area contributed by atoms with Gasteiger partial charge in [0.05, 0.1) is 12.1 Å². The Balaban J connectivity index is 2.36. The molecule has 0 spiro atoms. The molecule has 0 aromatic heterocycles. The van der Waals surface area contributed by atoms with Crippen molar-refractivity contribution in [1.29, 1.82) is 0 Å². The van der Waals surface area contributed by atoms with E-state index in [-0.39, 0.29) is 12.4 Å². The highest BCUT2D eigenvalue weighted by molar-refractivity contribution is 6.31. The highest BCUT2D eigenvalue weighted by Crippen LogP contribution is 2.31.